The average molecular weight is 213 g/mol. The second-order valence-electron chi connectivity index (χ2n) is 3.31. The summed E-state index contributed by atoms with van der Waals surface area (Å²) >= 11 is 1.11. The monoisotopic (exact) mass is 213 g/mol. The van der Waals surface area contributed by atoms with Gasteiger partial charge in [-0.3, -0.25) is 4.79 Å². The van der Waals surface area contributed by atoms with Gasteiger partial charge in [-0.25, -0.2) is 0 Å². The largest absolute Gasteiger partial charge is 0.393 e. The summed E-state index contributed by atoms with van der Waals surface area (Å²) in [4.78, 5) is 14.1. The Kier molecular flexibility index (Phi) is 2.74. The van der Waals surface area contributed by atoms with Crippen molar-refractivity contribution in [3.05, 3.63) is 11.1 Å². The molecule has 76 valence electrons. The third-order valence-electron chi connectivity index (χ3n) is 2.32. The lowest BCUT2D eigenvalue weighted by atomic mass is 10.1. The summed E-state index contributed by atoms with van der Waals surface area (Å²) in [5, 5.41) is 12.9. The van der Waals surface area contributed by atoms with Crippen molar-refractivity contribution >= 4 is 17.4 Å². The van der Waals surface area contributed by atoms with Gasteiger partial charge in [0.1, 0.15) is 4.88 Å². The number of carbonyl (C=O) groups excluding carboxylic acids is 1. The SMILES string of the molecule is O=C(c1cnns1)N1CCC(O)CC1. The molecule has 0 spiro atoms. The zero-order valence-electron chi connectivity index (χ0n) is 7.59. The van der Waals surface area contributed by atoms with Crippen LogP contribution in [-0.4, -0.2) is 44.7 Å². The molecule has 0 unspecified atom stereocenters. The minimum atomic E-state index is -0.251. The molecular formula is C8H11N3O2S. The normalized spacial score (nSPS) is 18.5. The van der Waals surface area contributed by atoms with Crippen LogP contribution in [0.25, 0.3) is 0 Å². The van der Waals surface area contributed by atoms with Crippen LogP contribution < -0.4 is 0 Å². The quantitative estimate of drug-likeness (QED) is 0.720. The molecule has 2 rings (SSSR count). The average Bonchev–Trinajstić information content (AvgIpc) is 2.71. The van der Waals surface area contributed by atoms with Crippen molar-refractivity contribution < 1.29 is 9.90 Å². The lowest BCUT2D eigenvalue weighted by Crippen LogP contribution is -2.39. The third kappa shape index (κ3) is 1.91. The van der Waals surface area contributed by atoms with Crippen molar-refractivity contribution in [2.75, 3.05) is 13.1 Å². The van der Waals surface area contributed by atoms with Crippen LogP contribution in [0.3, 0.4) is 0 Å². The molecule has 1 aliphatic rings. The Morgan fingerprint density at radius 1 is 1.57 bits per heavy atom. The number of aliphatic hydroxyl groups excluding tert-OH is 1. The first-order valence-corrected chi connectivity index (χ1v) is 5.29. The van der Waals surface area contributed by atoms with E-state index in [0.29, 0.717) is 30.8 Å². The Morgan fingerprint density at radius 3 is 2.86 bits per heavy atom. The highest BCUT2D eigenvalue weighted by molar-refractivity contribution is 7.07. The summed E-state index contributed by atoms with van der Waals surface area (Å²) < 4.78 is 3.65. The molecule has 1 saturated heterocycles. The molecule has 1 amide bonds. The van der Waals surface area contributed by atoms with Crippen molar-refractivity contribution in [3.63, 3.8) is 0 Å². The van der Waals surface area contributed by atoms with E-state index in [1.54, 1.807) is 4.90 Å². The molecule has 0 aliphatic carbocycles. The summed E-state index contributed by atoms with van der Waals surface area (Å²) in [6.07, 6.45) is 2.56. The van der Waals surface area contributed by atoms with E-state index in [0.717, 1.165) is 11.5 Å². The highest BCUT2D eigenvalue weighted by Crippen LogP contribution is 2.14. The maximum absolute atomic E-state index is 11.7. The molecule has 1 fully saturated rings. The first kappa shape index (κ1) is 9.54. The Labute approximate surface area is 85.5 Å². The molecule has 0 saturated carbocycles. The highest BCUT2D eigenvalue weighted by Gasteiger charge is 2.23. The van der Waals surface area contributed by atoms with Crippen LogP contribution >= 0.6 is 11.5 Å². The van der Waals surface area contributed by atoms with Gasteiger partial charge >= 0.3 is 0 Å². The standard InChI is InChI=1S/C8H11N3O2S/c12-6-1-3-11(4-2-6)8(13)7-5-9-10-14-7/h5-6,12H,1-4H2. The van der Waals surface area contributed by atoms with Crippen LogP contribution in [0.15, 0.2) is 6.20 Å². The molecule has 1 aromatic rings. The number of nitrogens with zero attached hydrogens (tertiary/aromatic N) is 3. The summed E-state index contributed by atoms with van der Waals surface area (Å²) in [7, 11) is 0. The predicted octanol–water partition coefficient (Wildman–Crippen LogP) is 0.135. The molecule has 0 aromatic carbocycles. The van der Waals surface area contributed by atoms with E-state index < -0.39 is 0 Å². The number of aromatic nitrogens is 2. The van der Waals surface area contributed by atoms with Crippen molar-refractivity contribution in [3.8, 4) is 0 Å². The number of amides is 1. The maximum atomic E-state index is 11.7. The third-order valence-corrected chi connectivity index (χ3v) is 2.98. The molecular weight excluding hydrogens is 202 g/mol. The van der Waals surface area contributed by atoms with E-state index in [2.05, 4.69) is 9.59 Å². The number of likely N-dealkylation sites (tertiary alicyclic amines) is 1. The van der Waals surface area contributed by atoms with Gasteiger partial charge in [0.25, 0.3) is 5.91 Å². The predicted molar refractivity (Wildman–Crippen MR) is 51.1 cm³/mol. The molecule has 0 radical (unpaired) electrons. The summed E-state index contributed by atoms with van der Waals surface area (Å²) in [6.45, 7) is 1.25. The number of hydrogen-bond acceptors (Lipinski definition) is 5. The number of carbonyl (C=O) groups is 1. The number of piperidine rings is 1. The maximum Gasteiger partial charge on any atom is 0.267 e. The number of rotatable bonds is 1. The topological polar surface area (TPSA) is 66.3 Å². The Bertz CT molecular complexity index is 306. The fourth-order valence-corrected chi connectivity index (χ4v) is 1.97. The van der Waals surface area contributed by atoms with Crippen LogP contribution in [0, 0.1) is 0 Å². The molecule has 1 aliphatic heterocycles. The van der Waals surface area contributed by atoms with Crippen molar-refractivity contribution in [1.82, 2.24) is 14.5 Å². The van der Waals surface area contributed by atoms with E-state index in [-0.39, 0.29) is 12.0 Å². The van der Waals surface area contributed by atoms with E-state index >= 15 is 0 Å². The minimum Gasteiger partial charge on any atom is -0.393 e. The fourth-order valence-electron chi connectivity index (χ4n) is 1.49. The Hall–Kier alpha value is -1.01. The van der Waals surface area contributed by atoms with E-state index in [1.807, 2.05) is 0 Å². The smallest absolute Gasteiger partial charge is 0.267 e. The fraction of sp³-hybridized carbons (Fsp3) is 0.625. The second-order valence-corrected chi connectivity index (χ2v) is 4.09. The van der Waals surface area contributed by atoms with Gasteiger partial charge < -0.3 is 10.0 Å². The van der Waals surface area contributed by atoms with E-state index in [9.17, 15) is 9.90 Å². The van der Waals surface area contributed by atoms with Crippen LogP contribution in [0.5, 0.6) is 0 Å². The summed E-state index contributed by atoms with van der Waals surface area (Å²) in [5.74, 6) is -0.0214. The van der Waals surface area contributed by atoms with Gasteiger partial charge in [-0.05, 0) is 24.4 Å². The van der Waals surface area contributed by atoms with E-state index in [4.69, 9.17) is 0 Å². The van der Waals surface area contributed by atoms with Gasteiger partial charge in [-0.15, -0.1) is 5.10 Å². The summed E-state index contributed by atoms with van der Waals surface area (Å²) in [5.41, 5.74) is 0. The lowest BCUT2D eigenvalue weighted by molar-refractivity contribution is 0.0550. The van der Waals surface area contributed by atoms with Crippen LogP contribution in [0.2, 0.25) is 0 Å². The first-order chi connectivity index (χ1) is 6.77. The van der Waals surface area contributed by atoms with Crippen molar-refractivity contribution in [2.24, 2.45) is 0 Å². The first-order valence-electron chi connectivity index (χ1n) is 4.52. The van der Waals surface area contributed by atoms with Gasteiger partial charge in [0.05, 0.1) is 12.3 Å². The molecule has 14 heavy (non-hydrogen) atoms. The molecule has 0 bridgehead atoms. The van der Waals surface area contributed by atoms with Gasteiger partial charge in [-0.2, -0.15) is 0 Å². The van der Waals surface area contributed by atoms with Gasteiger partial charge in [0, 0.05) is 13.1 Å². The minimum absolute atomic E-state index is 0.0214. The molecule has 5 nitrogen and oxygen atoms in total. The molecule has 0 atom stereocenters. The van der Waals surface area contributed by atoms with Crippen LogP contribution in [0.4, 0.5) is 0 Å². The summed E-state index contributed by atoms with van der Waals surface area (Å²) in [6, 6.07) is 0. The number of aliphatic hydroxyl groups is 1. The van der Waals surface area contributed by atoms with E-state index in [1.165, 1.54) is 6.20 Å². The lowest BCUT2D eigenvalue weighted by Gasteiger charge is -2.28. The molecule has 6 heteroatoms. The van der Waals surface area contributed by atoms with Crippen LogP contribution in [0.1, 0.15) is 22.5 Å². The Morgan fingerprint density at radius 2 is 2.29 bits per heavy atom. The van der Waals surface area contributed by atoms with Crippen molar-refractivity contribution in [1.29, 1.82) is 0 Å². The zero-order valence-corrected chi connectivity index (χ0v) is 8.40. The number of hydrogen-bond donors (Lipinski definition) is 1. The second kappa shape index (κ2) is 4.02. The zero-order chi connectivity index (χ0) is 9.97. The van der Waals surface area contributed by atoms with Gasteiger partial charge in [0.15, 0.2) is 0 Å². The van der Waals surface area contributed by atoms with Gasteiger partial charge in [0.2, 0.25) is 0 Å². The molecule has 2 heterocycles. The Balaban J connectivity index is 1.99. The highest BCUT2D eigenvalue weighted by atomic mass is 32.1. The van der Waals surface area contributed by atoms with Gasteiger partial charge in [-0.1, -0.05) is 4.49 Å². The van der Waals surface area contributed by atoms with Crippen LogP contribution in [-0.2, 0) is 0 Å². The molecule has 1 aromatic heterocycles. The molecule has 1 N–H and O–H groups in total. The van der Waals surface area contributed by atoms with Crippen molar-refractivity contribution in [2.45, 2.75) is 18.9 Å².